The highest BCUT2D eigenvalue weighted by atomic mass is 32.2. The number of hydrogen-bond acceptors (Lipinski definition) is 7. The summed E-state index contributed by atoms with van der Waals surface area (Å²) in [5.41, 5.74) is 6.19. The molecule has 0 aliphatic heterocycles. The number of amides is 2. The number of aromatic nitrogens is 3. The fourth-order valence-electron chi connectivity index (χ4n) is 2.68. The topological polar surface area (TPSA) is 124 Å². The van der Waals surface area contributed by atoms with Gasteiger partial charge in [0.25, 0.3) is 5.22 Å². The number of hydrogen-bond donors (Lipinski definition) is 2. The van der Waals surface area contributed by atoms with Crippen molar-refractivity contribution in [1.29, 1.82) is 0 Å². The van der Waals surface area contributed by atoms with Crippen LogP contribution in [0.5, 0.6) is 0 Å². The van der Waals surface area contributed by atoms with Crippen LogP contribution in [-0.4, -0.2) is 38.8 Å². The summed E-state index contributed by atoms with van der Waals surface area (Å²) in [6.45, 7) is 0. The summed E-state index contributed by atoms with van der Waals surface area (Å²) in [5.74, 6) is 0.0442. The van der Waals surface area contributed by atoms with Crippen molar-refractivity contribution in [1.82, 2.24) is 20.5 Å². The summed E-state index contributed by atoms with van der Waals surface area (Å²) in [5, 5.41) is 11.2. The van der Waals surface area contributed by atoms with Gasteiger partial charge < -0.3 is 15.5 Å². The average Bonchev–Trinajstić information content (AvgIpc) is 3.11. The average molecular weight is 373 g/mol. The standard InChI is InChI=1S/C17H19N5O3S/c18-15(24)12-3-1-2-4-13(12)20-14(23)7-10-26-17-22-21-16(25-17)11-5-8-19-9-6-11/h1-2,5-6,8-9,12-13H,3-4,7,10H2,(H2,18,24)(H,20,23)/t12-,13-/m1/s1. The SMILES string of the molecule is NC(=O)[C@@H]1CC=CC[C@H]1NC(=O)CCSc1nnc(-c2ccncc2)o1. The van der Waals surface area contributed by atoms with Gasteiger partial charge in [-0.1, -0.05) is 23.9 Å². The summed E-state index contributed by atoms with van der Waals surface area (Å²) >= 11 is 1.31. The number of nitrogens with two attached hydrogens (primary N) is 1. The van der Waals surface area contributed by atoms with Gasteiger partial charge in [-0.25, -0.2) is 0 Å². The zero-order valence-corrected chi connectivity index (χ0v) is 14.8. The van der Waals surface area contributed by atoms with E-state index in [0.717, 1.165) is 5.56 Å². The van der Waals surface area contributed by atoms with Gasteiger partial charge in [0.15, 0.2) is 0 Å². The van der Waals surface area contributed by atoms with Crippen molar-refractivity contribution in [2.75, 3.05) is 5.75 Å². The number of carbonyl (C=O) groups excluding carboxylic acids is 2. The van der Waals surface area contributed by atoms with Crippen LogP contribution >= 0.6 is 11.8 Å². The summed E-state index contributed by atoms with van der Waals surface area (Å²) < 4.78 is 5.56. The summed E-state index contributed by atoms with van der Waals surface area (Å²) in [7, 11) is 0. The van der Waals surface area contributed by atoms with Gasteiger partial charge in [-0.15, -0.1) is 10.2 Å². The first kappa shape index (κ1) is 18.1. The van der Waals surface area contributed by atoms with Gasteiger partial charge in [-0.3, -0.25) is 14.6 Å². The molecule has 2 aromatic rings. The lowest BCUT2D eigenvalue weighted by molar-refractivity contribution is -0.125. The second-order valence-corrected chi connectivity index (χ2v) is 6.88. The van der Waals surface area contributed by atoms with Crippen LogP contribution in [-0.2, 0) is 9.59 Å². The zero-order chi connectivity index (χ0) is 18.4. The molecule has 3 N–H and O–H groups in total. The number of allylic oxidation sites excluding steroid dienone is 1. The van der Waals surface area contributed by atoms with Crippen molar-refractivity contribution in [3.8, 4) is 11.5 Å². The smallest absolute Gasteiger partial charge is 0.276 e. The molecule has 26 heavy (non-hydrogen) atoms. The third kappa shape index (κ3) is 4.69. The molecule has 0 spiro atoms. The lowest BCUT2D eigenvalue weighted by Crippen LogP contribution is -2.46. The first-order valence-corrected chi connectivity index (χ1v) is 9.22. The Hall–Kier alpha value is -2.68. The quantitative estimate of drug-likeness (QED) is 0.557. The summed E-state index contributed by atoms with van der Waals surface area (Å²) in [6.07, 6.45) is 8.64. The molecule has 136 valence electrons. The van der Waals surface area contributed by atoms with E-state index in [2.05, 4.69) is 20.5 Å². The molecule has 2 amide bonds. The van der Waals surface area contributed by atoms with Crippen LogP contribution in [0.25, 0.3) is 11.5 Å². The number of primary amides is 1. The highest BCUT2D eigenvalue weighted by molar-refractivity contribution is 7.99. The van der Waals surface area contributed by atoms with Gasteiger partial charge in [-0.05, 0) is 25.0 Å². The highest BCUT2D eigenvalue weighted by Gasteiger charge is 2.28. The van der Waals surface area contributed by atoms with Gasteiger partial charge >= 0.3 is 0 Å². The van der Waals surface area contributed by atoms with Crippen LogP contribution in [0.4, 0.5) is 0 Å². The monoisotopic (exact) mass is 373 g/mol. The van der Waals surface area contributed by atoms with E-state index >= 15 is 0 Å². The van der Waals surface area contributed by atoms with Gasteiger partial charge in [0.2, 0.25) is 17.7 Å². The summed E-state index contributed by atoms with van der Waals surface area (Å²) in [4.78, 5) is 27.5. The fraction of sp³-hybridized carbons (Fsp3) is 0.353. The Bertz CT molecular complexity index is 793. The third-order valence-electron chi connectivity index (χ3n) is 4.03. The number of nitrogens with zero attached hydrogens (tertiary/aromatic N) is 3. The van der Waals surface area contributed by atoms with E-state index in [0.29, 0.717) is 29.7 Å². The minimum Gasteiger partial charge on any atom is -0.411 e. The van der Waals surface area contributed by atoms with Crippen molar-refractivity contribution < 1.29 is 14.0 Å². The molecule has 8 nitrogen and oxygen atoms in total. The van der Waals surface area contributed by atoms with E-state index in [4.69, 9.17) is 10.2 Å². The maximum absolute atomic E-state index is 12.1. The molecule has 0 saturated carbocycles. The van der Waals surface area contributed by atoms with Gasteiger partial charge in [-0.2, -0.15) is 0 Å². The Morgan fingerprint density at radius 1 is 1.23 bits per heavy atom. The number of pyridine rings is 1. The minimum absolute atomic E-state index is 0.127. The molecule has 1 aliphatic rings. The van der Waals surface area contributed by atoms with Crippen molar-refractivity contribution in [2.24, 2.45) is 11.7 Å². The van der Waals surface area contributed by atoms with Crippen molar-refractivity contribution >= 4 is 23.6 Å². The van der Waals surface area contributed by atoms with E-state index in [9.17, 15) is 9.59 Å². The van der Waals surface area contributed by atoms with Crippen molar-refractivity contribution in [3.05, 3.63) is 36.7 Å². The number of rotatable bonds is 7. The maximum Gasteiger partial charge on any atom is 0.276 e. The van der Waals surface area contributed by atoms with Crippen LogP contribution < -0.4 is 11.1 Å². The molecule has 0 aromatic carbocycles. The Morgan fingerprint density at radius 3 is 2.77 bits per heavy atom. The van der Waals surface area contributed by atoms with Gasteiger partial charge in [0, 0.05) is 36.2 Å². The van der Waals surface area contributed by atoms with E-state index in [1.165, 1.54) is 11.8 Å². The normalized spacial score (nSPS) is 19.2. The Kier molecular flexibility index (Phi) is 6.00. The zero-order valence-electron chi connectivity index (χ0n) is 14.0. The molecule has 0 radical (unpaired) electrons. The lowest BCUT2D eigenvalue weighted by Gasteiger charge is -2.26. The third-order valence-corrected chi connectivity index (χ3v) is 4.85. The van der Waals surface area contributed by atoms with Crippen LogP contribution in [0.15, 0.2) is 46.3 Å². The Labute approximate surface area is 154 Å². The molecule has 2 aromatic heterocycles. The number of thioether (sulfide) groups is 1. The maximum atomic E-state index is 12.1. The molecule has 0 fully saturated rings. The van der Waals surface area contributed by atoms with Crippen LogP contribution in [0.1, 0.15) is 19.3 Å². The largest absolute Gasteiger partial charge is 0.411 e. The molecule has 3 rings (SSSR count). The predicted molar refractivity (Wildman–Crippen MR) is 95.9 cm³/mol. The predicted octanol–water partition coefficient (Wildman–Crippen LogP) is 1.55. The molecule has 2 atom stereocenters. The molecule has 0 saturated heterocycles. The number of nitrogens with one attached hydrogen (secondary N) is 1. The van der Waals surface area contributed by atoms with Gasteiger partial charge in [0.05, 0.1) is 5.92 Å². The fourth-order valence-corrected chi connectivity index (χ4v) is 3.38. The van der Waals surface area contributed by atoms with Crippen molar-refractivity contribution in [2.45, 2.75) is 30.5 Å². The molecule has 0 unspecified atom stereocenters. The van der Waals surface area contributed by atoms with E-state index < -0.39 is 0 Å². The van der Waals surface area contributed by atoms with Crippen LogP contribution in [0.3, 0.4) is 0 Å². The second-order valence-electron chi connectivity index (χ2n) is 5.83. The van der Waals surface area contributed by atoms with Crippen molar-refractivity contribution in [3.63, 3.8) is 0 Å². The van der Waals surface area contributed by atoms with Crippen LogP contribution in [0.2, 0.25) is 0 Å². The second kappa shape index (κ2) is 8.61. The minimum atomic E-state index is -0.386. The molecule has 1 aliphatic carbocycles. The Balaban J connectivity index is 1.46. The molecular weight excluding hydrogens is 354 g/mol. The van der Waals surface area contributed by atoms with E-state index in [-0.39, 0.29) is 30.2 Å². The summed E-state index contributed by atoms with van der Waals surface area (Å²) in [6, 6.07) is 3.32. The molecule has 0 bridgehead atoms. The van der Waals surface area contributed by atoms with E-state index in [1.807, 2.05) is 12.2 Å². The molecular formula is C17H19N5O3S. The van der Waals surface area contributed by atoms with Gasteiger partial charge in [0.1, 0.15) is 0 Å². The molecule has 9 heteroatoms. The number of carbonyl (C=O) groups is 2. The molecule has 2 heterocycles. The van der Waals surface area contributed by atoms with E-state index in [1.54, 1.807) is 24.5 Å². The lowest BCUT2D eigenvalue weighted by atomic mass is 9.88. The van der Waals surface area contributed by atoms with Crippen LogP contribution in [0, 0.1) is 5.92 Å². The Morgan fingerprint density at radius 2 is 2.00 bits per heavy atom. The highest BCUT2D eigenvalue weighted by Crippen LogP contribution is 2.23. The first-order valence-electron chi connectivity index (χ1n) is 8.24. The first-order chi connectivity index (χ1) is 12.6.